The summed E-state index contributed by atoms with van der Waals surface area (Å²) in [5.74, 6) is -0.0278. The Morgan fingerprint density at radius 1 is 0.354 bits per heavy atom. The molecule has 2 atom stereocenters. The first-order chi connectivity index (χ1) is 39.0. The molecule has 0 rings (SSSR count). The van der Waals surface area contributed by atoms with E-state index in [1.165, 1.54) is 321 Å². The number of nitrogens with one attached hydrogen (secondary N) is 1. The van der Waals surface area contributed by atoms with Gasteiger partial charge < -0.3 is 20.3 Å². The Labute approximate surface area is 494 Å². The Morgan fingerprint density at radius 2 is 0.658 bits per heavy atom. The zero-order chi connectivity index (χ0) is 57.1. The minimum absolute atomic E-state index is 0.00102. The van der Waals surface area contributed by atoms with Crippen molar-refractivity contribution in [1.29, 1.82) is 0 Å². The summed E-state index contributed by atoms with van der Waals surface area (Å²) in [6, 6.07) is -0.542. The maximum absolute atomic E-state index is 12.6. The molecule has 6 heteroatoms. The SMILES string of the molecule is CCC/C=C\C/C=C\CCCCCCCC(=O)OCCCCCCCCCCCCCCCCCCCCCCCCCCC(=O)NC(CO)C(O)CCCCCCCCCCCCCCCCCCCCCCCCCCC. The van der Waals surface area contributed by atoms with E-state index < -0.39 is 12.1 Å². The van der Waals surface area contributed by atoms with E-state index in [2.05, 4.69) is 43.5 Å². The summed E-state index contributed by atoms with van der Waals surface area (Å²) >= 11 is 0. The smallest absolute Gasteiger partial charge is 0.305 e. The summed E-state index contributed by atoms with van der Waals surface area (Å²) in [6.45, 7) is 4.92. The fraction of sp³-hybridized carbons (Fsp3) is 0.918. The van der Waals surface area contributed by atoms with E-state index >= 15 is 0 Å². The Morgan fingerprint density at radius 3 is 1.01 bits per heavy atom. The number of esters is 1. The quantitative estimate of drug-likeness (QED) is 0.0320. The van der Waals surface area contributed by atoms with Crippen LogP contribution >= 0.6 is 0 Å². The van der Waals surface area contributed by atoms with Crippen LogP contribution in [0.5, 0.6) is 0 Å². The average Bonchev–Trinajstić information content (AvgIpc) is 3.45. The van der Waals surface area contributed by atoms with E-state index in [4.69, 9.17) is 4.74 Å². The lowest BCUT2D eigenvalue weighted by atomic mass is 10.0. The van der Waals surface area contributed by atoms with Crippen LogP contribution in [0.3, 0.4) is 0 Å². The second-order valence-electron chi connectivity index (χ2n) is 24.9. The van der Waals surface area contributed by atoms with Crippen molar-refractivity contribution in [3.05, 3.63) is 24.3 Å². The molecule has 0 bridgehead atoms. The molecule has 2 unspecified atom stereocenters. The van der Waals surface area contributed by atoms with Crippen molar-refractivity contribution in [3.8, 4) is 0 Å². The summed E-state index contributed by atoms with van der Waals surface area (Å²) in [4.78, 5) is 24.6. The molecule has 3 N–H and O–H groups in total. The number of unbranched alkanes of at least 4 members (excludes halogenated alkanes) is 53. The molecule has 0 aliphatic rings. The van der Waals surface area contributed by atoms with Gasteiger partial charge in [-0.2, -0.15) is 0 Å². The van der Waals surface area contributed by atoms with E-state index in [-0.39, 0.29) is 18.5 Å². The largest absolute Gasteiger partial charge is 0.466 e. The molecule has 0 heterocycles. The molecular formula is C73H141NO5. The summed E-state index contributed by atoms with van der Waals surface area (Å²) in [6.07, 6.45) is 86.6. The van der Waals surface area contributed by atoms with Crippen LogP contribution in [-0.4, -0.2) is 47.4 Å². The number of aliphatic hydroxyl groups excluding tert-OH is 2. The zero-order valence-electron chi connectivity index (χ0n) is 53.6. The van der Waals surface area contributed by atoms with Gasteiger partial charge in [0, 0.05) is 12.8 Å². The topological polar surface area (TPSA) is 95.9 Å². The van der Waals surface area contributed by atoms with Crippen LogP contribution in [0.1, 0.15) is 406 Å². The van der Waals surface area contributed by atoms with Crippen LogP contribution in [0.25, 0.3) is 0 Å². The molecule has 0 aliphatic heterocycles. The van der Waals surface area contributed by atoms with Crippen molar-refractivity contribution in [2.24, 2.45) is 0 Å². The van der Waals surface area contributed by atoms with Gasteiger partial charge in [-0.3, -0.25) is 9.59 Å². The van der Waals surface area contributed by atoms with Crippen molar-refractivity contribution in [2.45, 2.75) is 418 Å². The Balaban J connectivity index is 3.37. The minimum atomic E-state index is -0.665. The average molecular weight is 1110 g/mol. The van der Waals surface area contributed by atoms with Gasteiger partial charge in [-0.05, 0) is 51.4 Å². The van der Waals surface area contributed by atoms with Crippen LogP contribution in [0.15, 0.2) is 24.3 Å². The number of hydrogen-bond donors (Lipinski definition) is 3. The lowest BCUT2D eigenvalue weighted by Gasteiger charge is -2.22. The van der Waals surface area contributed by atoms with Crippen molar-refractivity contribution in [1.82, 2.24) is 5.32 Å². The van der Waals surface area contributed by atoms with Gasteiger partial charge in [-0.25, -0.2) is 0 Å². The van der Waals surface area contributed by atoms with Crippen molar-refractivity contribution >= 4 is 11.9 Å². The number of carbonyl (C=O) groups excluding carboxylic acids is 2. The zero-order valence-corrected chi connectivity index (χ0v) is 53.6. The fourth-order valence-corrected chi connectivity index (χ4v) is 11.5. The normalized spacial score (nSPS) is 12.6. The van der Waals surface area contributed by atoms with Gasteiger partial charge in [-0.1, -0.05) is 366 Å². The third kappa shape index (κ3) is 65.4. The van der Waals surface area contributed by atoms with E-state index in [1.807, 2.05) is 0 Å². The first-order valence-corrected chi connectivity index (χ1v) is 36.1. The van der Waals surface area contributed by atoms with Gasteiger partial charge >= 0.3 is 5.97 Å². The summed E-state index contributed by atoms with van der Waals surface area (Å²) < 4.78 is 5.48. The monoisotopic (exact) mass is 1110 g/mol. The van der Waals surface area contributed by atoms with Gasteiger partial charge in [0.15, 0.2) is 0 Å². The van der Waals surface area contributed by atoms with Gasteiger partial charge in [0.25, 0.3) is 0 Å². The molecular weight excluding hydrogens is 971 g/mol. The maximum Gasteiger partial charge on any atom is 0.305 e. The van der Waals surface area contributed by atoms with Gasteiger partial charge in [0.1, 0.15) is 0 Å². The third-order valence-corrected chi connectivity index (χ3v) is 17.0. The van der Waals surface area contributed by atoms with Gasteiger partial charge in [0.2, 0.25) is 5.91 Å². The Kier molecular flexibility index (Phi) is 67.4. The number of aliphatic hydroxyl groups is 2. The van der Waals surface area contributed by atoms with Gasteiger partial charge in [0.05, 0.1) is 25.4 Å². The molecule has 0 radical (unpaired) electrons. The van der Waals surface area contributed by atoms with Crippen LogP contribution in [-0.2, 0) is 14.3 Å². The lowest BCUT2D eigenvalue weighted by Crippen LogP contribution is -2.45. The molecule has 0 fully saturated rings. The molecule has 0 aromatic heterocycles. The van der Waals surface area contributed by atoms with Crippen LogP contribution in [0.2, 0.25) is 0 Å². The predicted octanol–water partition coefficient (Wildman–Crippen LogP) is 23.3. The number of rotatable bonds is 68. The molecule has 0 aliphatic carbocycles. The molecule has 0 aromatic rings. The molecule has 468 valence electrons. The number of carbonyl (C=O) groups is 2. The van der Waals surface area contributed by atoms with E-state index in [0.717, 1.165) is 51.4 Å². The highest BCUT2D eigenvalue weighted by atomic mass is 16.5. The number of hydrogen-bond acceptors (Lipinski definition) is 5. The first kappa shape index (κ1) is 77.3. The molecule has 0 aromatic carbocycles. The fourth-order valence-electron chi connectivity index (χ4n) is 11.5. The van der Waals surface area contributed by atoms with E-state index in [9.17, 15) is 19.8 Å². The molecule has 0 spiro atoms. The van der Waals surface area contributed by atoms with Crippen LogP contribution < -0.4 is 5.32 Å². The highest BCUT2D eigenvalue weighted by molar-refractivity contribution is 5.76. The molecule has 0 saturated carbocycles. The van der Waals surface area contributed by atoms with E-state index in [1.54, 1.807) is 0 Å². The summed E-state index contributed by atoms with van der Waals surface area (Å²) in [5.41, 5.74) is 0. The number of ether oxygens (including phenoxy) is 1. The van der Waals surface area contributed by atoms with Gasteiger partial charge in [-0.15, -0.1) is 0 Å². The standard InChI is InChI=1S/C73H141NO5/c1-3-5-7-9-11-13-15-17-18-19-20-21-22-23-26-29-32-35-38-42-45-49-53-57-61-65-71(76)70(69-75)74-72(77)66-62-58-54-50-46-43-39-36-33-30-27-24-25-28-31-34-37-40-44-48-52-56-60-64-68-79-73(78)67-63-59-55-51-47-41-16-14-12-10-8-6-4-2/h8,10,14,16,70-71,75-76H,3-7,9,11-13,15,17-69H2,1-2H3,(H,74,77)/b10-8-,16-14-. The van der Waals surface area contributed by atoms with Crippen LogP contribution in [0.4, 0.5) is 0 Å². The van der Waals surface area contributed by atoms with Crippen molar-refractivity contribution in [2.75, 3.05) is 13.2 Å². The van der Waals surface area contributed by atoms with Crippen molar-refractivity contribution < 1.29 is 24.5 Å². The van der Waals surface area contributed by atoms with Crippen molar-refractivity contribution in [3.63, 3.8) is 0 Å². The highest BCUT2D eigenvalue weighted by Gasteiger charge is 2.20. The van der Waals surface area contributed by atoms with Crippen LogP contribution in [0, 0.1) is 0 Å². The maximum atomic E-state index is 12.6. The Hall–Kier alpha value is -1.66. The summed E-state index contributed by atoms with van der Waals surface area (Å²) in [7, 11) is 0. The highest BCUT2D eigenvalue weighted by Crippen LogP contribution is 2.19. The van der Waals surface area contributed by atoms with E-state index in [0.29, 0.717) is 25.9 Å². The molecule has 1 amide bonds. The minimum Gasteiger partial charge on any atom is -0.466 e. The predicted molar refractivity (Wildman–Crippen MR) is 347 cm³/mol. The second kappa shape index (κ2) is 68.8. The molecule has 79 heavy (non-hydrogen) atoms. The first-order valence-electron chi connectivity index (χ1n) is 36.1. The lowest BCUT2D eigenvalue weighted by molar-refractivity contribution is -0.143. The third-order valence-electron chi connectivity index (χ3n) is 17.0. The number of amides is 1. The number of allylic oxidation sites excluding steroid dienone is 4. The Bertz CT molecular complexity index is 1230. The molecule has 0 saturated heterocycles. The molecule has 6 nitrogen and oxygen atoms in total. The second-order valence-corrected chi connectivity index (χ2v) is 24.9. The summed E-state index contributed by atoms with van der Waals surface area (Å²) in [5, 5.41) is 23.5.